The molecule has 174 valence electrons. The predicted octanol–water partition coefficient (Wildman–Crippen LogP) is 4.46. The number of hydrogen-bond donors (Lipinski definition) is 0. The molecule has 8 atom stereocenters. The highest BCUT2D eigenvalue weighted by Gasteiger charge is 2.69. The van der Waals surface area contributed by atoms with Crippen molar-refractivity contribution in [1.82, 2.24) is 0 Å². The van der Waals surface area contributed by atoms with Crippen molar-refractivity contribution in [1.29, 1.82) is 0 Å². The first-order chi connectivity index (χ1) is 15.3. The summed E-state index contributed by atoms with van der Waals surface area (Å²) in [5.41, 5.74) is 0.223. The minimum Gasteiger partial charge on any atom is -0.497 e. The topological polar surface area (TPSA) is 72.5 Å². The molecule has 1 spiro atoms. The van der Waals surface area contributed by atoms with Gasteiger partial charge in [0.1, 0.15) is 5.75 Å². The van der Waals surface area contributed by atoms with E-state index in [1.165, 1.54) is 6.08 Å². The molecule has 0 radical (unpaired) electrons. The van der Waals surface area contributed by atoms with Crippen LogP contribution in [-0.2, 0) is 28.8 Å². The van der Waals surface area contributed by atoms with Crippen LogP contribution in [0.25, 0.3) is 6.08 Å². The van der Waals surface area contributed by atoms with Gasteiger partial charge in [-0.25, -0.2) is 14.6 Å². The molecule has 32 heavy (non-hydrogen) atoms. The average Bonchev–Trinajstić information content (AvgIpc) is 3.02. The summed E-state index contributed by atoms with van der Waals surface area (Å²) in [4.78, 5) is 24.6. The van der Waals surface area contributed by atoms with Gasteiger partial charge in [-0.2, -0.15) is 0 Å². The molecule has 4 aliphatic heterocycles. The Hall–Kier alpha value is -1.93. The summed E-state index contributed by atoms with van der Waals surface area (Å²) in [6.07, 6.45) is 5.59. The minimum atomic E-state index is -0.846. The molecule has 5 aliphatic rings. The van der Waals surface area contributed by atoms with Crippen molar-refractivity contribution in [3.05, 3.63) is 35.9 Å². The normalized spacial score (nSPS) is 42.9. The first kappa shape index (κ1) is 21.9. The van der Waals surface area contributed by atoms with E-state index in [1.54, 1.807) is 13.2 Å². The number of carbonyl (C=O) groups is 1. The van der Waals surface area contributed by atoms with Crippen LogP contribution in [0.3, 0.4) is 0 Å². The van der Waals surface area contributed by atoms with Crippen molar-refractivity contribution >= 4 is 12.0 Å². The molecule has 1 aromatic rings. The van der Waals surface area contributed by atoms with E-state index in [9.17, 15) is 4.79 Å². The van der Waals surface area contributed by atoms with Crippen LogP contribution < -0.4 is 4.74 Å². The molecule has 4 heterocycles. The van der Waals surface area contributed by atoms with Gasteiger partial charge < -0.3 is 18.9 Å². The lowest BCUT2D eigenvalue weighted by Crippen LogP contribution is -2.70. The van der Waals surface area contributed by atoms with Crippen LogP contribution in [0, 0.1) is 23.7 Å². The first-order valence-corrected chi connectivity index (χ1v) is 11.6. The van der Waals surface area contributed by atoms with Gasteiger partial charge >= 0.3 is 5.97 Å². The lowest BCUT2D eigenvalue weighted by Gasteiger charge is -2.59. The zero-order chi connectivity index (χ0) is 22.5. The highest BCUT2D eigenvalue weighted by Crippen LogP contribution is 2.60. The minimum absolute atomic E-state index is 0.0470. The van der Waals surface area contributed by atoms with E-state index in [4.69, 9.17) is 28.7 Å². The largest absolute Gasteiger partial charge is 0.497 e. The van der Waals surface area contributed by atoms with Gasteiger partial charge in [0.25, 0.3) is 0 Å². The number of benzene rings is 1. The molecule has 4 saturated heterocycles. The SMILES string of the molecule is COc1ccc(/C=C/C(=O)O[C@@H]2O[C@@H]3O[C@@]4(C)CC[C@@H]5[C@H](C)CC[C@H]([C@H]2C)[C@@]35OO4)cc1. The molecule has 1 saturated carbocycles. The quantitative estimate of drug-likeness (QED) is 0.386. The standard InChI is InChI=1S/C25H32O7/c1-15-5-11-20-16(2)22(28-21(26)12-8-17-6-9-18(27-4)10-7-17)29-23-25(20)19(15)13-14-24(3,30-23)31-32-25/h6-10,12,15-16,19-20,22-23H,5,11,13-14H2,1-4H3/b12-8+/t15-,16-,19-,20-,22-,23-,24-,25-/m1/s1. The summed E-state index contributed by atoms with van der Waals surface area (Å²) < 4.78 is 23.5. The highest BCUT2D eigenvalue weighted by atomic mass is 17.3. The molecule has 0 unspecified atom stereocenters. The number of carbonyl (C=O) groups excluding carboxylic acids is 1. The van der Waals surface area contributed by atoms with Crippen LogP contribution in [0.1, 0.15) is 52.0 Å². The van der Waals surface area contributed by atoms with Gasteiger partial charge in [-0.15, -0.1) is 0 Å². The fourth-order valence-corrected chi connectivity index (χ4v) is 6.04. The van der Waals surface area contributed by atoms with Crippen LogP contribution >= 0.6 is 0 Å². The van der Waals surface area contributed by atoms with Gasteiger partial charge in [0, 0.05) is 24.3 Å². The van der Waals surface area contributed by atoms with E-state index >= 15 is 0 Å². The molecule has 0 amide bonds. The molecule has 7 heteroatoms. The summed E-state index contributed by atoms with van der Waals surface area (Å²) in [7, 11) is 1.62. The average molecular weight is 445 g/mol. The Morgan fingerprint density at radius 2 is 1.88 bits per heavy atom. The van der Waals surface area contributed by atoms with Crippen molar-refractivity contribution in [3.8, 4) is 5.75 Å². The molecular formula is C25H32O7. The number of ether oxygens (including phenoxy) is 4. The second kappa shape index (κ2) is 8.13. The van der Waals surface area contributed by atoms with Crippen molar-refractivity contribution in [2.45, 2.75) is 70.4 Å². The predicted molar refractivity (Wildman–Crippen MR) is 115 cm³/mol. The third kappa shape index (κ3) is 3.55. The zero-order valence-corrected chi connectivity index (χ0v) is 19.1. The van der Waals surface area contributed by atoms with Gasteiger partial charge in [-0.3, -0.25) is 0 Å². The van der Waals surface area contributed by atoms with Crippen molar-refractivity contribution in [3.63, 3.8) is 0 Å². The van der Waals surface area contributed by atoms with Gasteiger partial charge in [0.2, 0.25) is 12.1 Å². The van der Waals surface area contributed by atoms with E-state index in [0.29, 0.717) is 5.92 Å². The van der Waals surface area contributed by atoms with Crippen molar-refractivity contribution < 1.29 is 33.5 Å². The van der Waals surface area contributed by atoms with Gasteiger partial charge in [-0.05, 0) is 61.8 Å². The van der Waals surface area contributed by atoms with Gasteiger partial charge in [-0.1, -0.05) is 26.0 Å². The summed E-state index contributed by atoms with van der Waals surface area (Å²) in [6.45, 7) is 6.23. The van der Waals surface area contributed by atoms with E-state index in [2.05, 4.69) is 13.8 Å². The summed E-state index contributed by atoms with van der Waals surface area (Å²) in [5, 5.41) is 0. The molecular weight excluding hydrogens is 412 g/mol. The van der Waals surface area contributed by atoms with Crippen molar-refractivity contribution in [2.75, 3.05) is 7.11 Å². The van der Waals surface area contributed by atoms with Crippen LogP contribution in [0.4, 0.5) is 0 Å². The van der Waals surface area contributed by atoms with Gasteiger partial charge in [0.05, 0.1) is 7.11 Å². The number of hydrogen-bond acceptors (Lipinski definition) is 7. The summed E-state index contributed by atoms with van der Waals surface area (Å²) in [5.74, 6) is 0.314. The summed E-state index contributed by atoms with van der Waals surface area (Å²) in [6, 6.07) is 7.45. The van der Waals surface area contributed by atoms with E-state index in [-0.39, 0.29) is 17.8 Å². The third-order valence-electron chi connectivity index (χ3n) is 7.86. The van der Waals surface area contributed by atoms with E-state index < -0.39 is 29.9 Å². The Balaban J connectivity index is 1.33. The third-order valence-corrected chi connectivity index (χ3v) is 7.86. The smallest absolute Gasteiger partial charge is 0.333 e. The Morgan fingerprint density at radius 1 is 1.09 bits per heavy atom. The van der Waals surface area contributed by atoms with Crippen LogP contribution in [0.15, 0.2) is 30.3 Å². The molecule has 7 nitrogen and oxygen atoms in total. The maximum Gasteiger partial charge on any atom is 0.333 e. The second-order valence-electron chi connectivity index (χ2n) is 9.82. The Morgan fingerprint density at radius 3 is 2.62 bits per heavy atom. The molecule has 6 rings (SSSR count). The second-order valence-corrected chi connectivity index (χ2v) is 9.82. The fraction of sp³-hybridized carbons (Fsp3) is 0.640. The van der Waals surface area contributed by atoms with Crippen LogP contribution in [0.5, 0.6) is 5.75 Å². The number of esters is 1. The molecule has 0 aromatic heterocycles. The lowest BCUT2D eigenvalue weighted by molar-refractivity contribution is -0.576. The van der Waals surface area contributed by atoms with Crippen LogP contribution in [0.2, 0.25) is 0 Å². The Kier molecular flexibility index (Phi) is 5.56. The summed E-state index contributed by atoms with van der Waals surface area (Å²) >= 11 is 0. The lowest BCUT2D eigenvalue weighted by atomic mass is 9.58. The Labute approximate surface area is 188 Å². The van der Waals surface area contributed by atoms with Gasteiger partial charge in [0.15, 0.2) is 11.9 Å². The number of methoxy groups -OCH3 is 1. The molecule has 1 aromatic carbocycles. The van der Waals surface area contributed by atoms with E-state index in [0.717, 1.165) is 37.0 Å². The van der Waals surface area contributed by atoms with E-state index in [1.807, 2.05) is 31.2 Å². The molecule has 5 fully saturated rings. The maximum absolute atomic E-state index is 12.6. The molecule has 2 bridgehead atoms. The first-order valence-electron chi connectivity index (χ1n) is 11.6. The highest BCUT2D eigenvalue weighted by molar-refractivity contribution is 5.87. The molecule has 1 aliphatic carbocycles. The Bertz CT molecular complexity index is 883. The molecule has 0 N–H and O–H groups in total. The fourth-order valence-electron chi connectivity index (χ4n) is 6.04. The van der Waals surface area contributed by atoms with Crippen molar-refractivity contribution in [2.24, 2.45) is 23.7 Å². The number of rotatable bonds is 4. The number of fused-ring (bicyclic) bond motifs is 2. The monoisotopic (exact) mass is 444 g/mol. The maximum atomic E-state index is 12.6. The zero-order valence-electron chi connectivity index (χ0n) is 19.1. The van der Waals surface area contributed by atoms with Crippen LogP contribution in [-0.4, -0.2) is 37.0 Å².